The van der Waals surface area contributed by atoms with Crippen LogP contribution in [0.15, 0.2) is 27.1 Å². The first-order valence-electron chi connectivity index (χ1n) is 6.39. The molecule has 0 bridgehead atoms. The molecule has 1 aromatic rings. The molecule has 1 fully saturated rings. The fourth-order valence-electron chi connectivity index (χ4n) is 2.44. The minimum atomic E-state index is -0.932. The topological polar surface area (TPSA) is 57.6 Å². The standard InChI is InChI=1S/C14H15Br2NO3/c1-8-4-5-17(12(6-8)14(19)20)13(18)10-3-2-9(15)7-11(10)16/h2-3,7-8,12H,4-6H2,1H3,(H,19,20). The molecular formula is C14H15Br2NO3. The zero-order valence-electron chi connectivity index (χ0n) is 11.0. The average molecular weight is 405 g/mol. The van der Waals surface area contributed by atoms with Crippen LogP contribution in [0.2, 0.25) is 0 Å². The maximum Gasteiger partial charge on any atom is 0.326 e. The van der Waals surface area contributed by atoms with Crippen molar-refractivity contribution in [2.45, 2.75) is 25.8 Å². The van der Waals surface area contributed by atoms with Crippen molar-refractivity contribution in [3.8, 4) is 0 Å². The molecule has 4 nitrogen and oxygen atoms in total. The molecule has 1 heterocycles. The number of hydrogen-bond donors (Lipinski definition) is 1. The summed E-state index contributed by atoms with van der Waals surface area (Å²) in [5, 5.41) is 9.32. The van der Waals surface area contributed by atoms with E-state index in [-0.39, 0.29) is 5.91 Å². The Morgan fingerprint density at radius 3 is 2.65 bits per heavy atom. The first kappa shape index (κ1) is 15.5. The summed E-state index contributed by atoms with van der Waals surface area (Å²) in [7, 11) is 0. The zero-order chi connectivity index (χ0) is 14.9. The highest BCUT2D eigenvalue weighted by Gasteiger charge is 2.35. The Morgan fingerprint density at radius 1 is 1.35 bits per heavy atom. The van der Waals surface area contributed by atoms with Crippen LogP contribution in [0.5, 0.6) is 0 Å². The van der Waals surface area contributed by atoms with Gasteiger partial charge in [-0.2, -0.15) is 0 Å². The first-order chi connectivity index (χ1) is 9.40. The van der Waals surface area contributed by atoms with Gasteiger partial charge in [0, 0.05) is 15.5 Å². The SMILES string of the molecule is CC1CCN(C(=O)c2ccc(Br)cc2Br)C(C(=O)O)C1. The highest BCUT2D eigenvalue weighted by molar-refractivity contribution is 9.11. The van der Waals surface area contributed by atoms with Gasteiger partial charge in [-0.05, 0) is 52.9 Å². The number of hydrogen-bond acceptors (Lipinski definition) is 2. The van der Waals surface area contributed by atoms with E-state index in [1.807, 2.05) is 6.92 Å². The maximum atomic E-state index is 12.6. The summed E-state index contributed by atoms with van der Waals surface area (Å²) in [6, 6.07) is 4.53. The summed E-state index contributed by atoms with van der Waals surface area (Å²) in [6.45, 7) is 2.51. The fraction of sp³-hybridized carbons (Fsp3) is 0.429. The number of amides is 1. The minimum absolute atomic E-state index is 0.233. The maximum absolute atomic E-state index is 12.6. The third-order valence-electron chi connectivity index (χ3n) is 3.57. The predicted octanol–water partition coefficient (Wildman–Crippen LogP) is 3.54. The second-order valence-corrected chi connectivity index (χ2v) is 6.88. The molecule has 0 aliphatic carbocycles. The molecule has 2 atom stereocenters. The van der Waals surface area contributed by atoms with Crippen molar-refractivity contribution >= 4 is 43.7 Å². The lowest BCUT2D eigenvalue weighted by Crippen LogP contribution is -2.49. The van der Waals surface area contributed by atoms with Gasteiger partial charge in [0.15, 0.2) is 0 Å². The molecule has 1 saturated heterocycles. The molecule has 2 rings (SSSR count). The predicted molar refractivity (Wildman–Crippen MR) is 82.7 cm³/mol. The van der Waals surface area contributed by atoms with E-state index in [1.165, 1.54) is 4.90 Å². The van der Waals surface area contributed by atoms with Crippen LogP contribution in [0, 0.1) is 5.92 Å². The van der Waals surface area contributed by atoms with Crippen LogP contribution in [0.25, 0.3) is 0 Å². The average Bonchev–Trinajstić information content (AvgIpc) is 2.37. The largest absolute Gasteiger partial charge is 0.480 e. The number of piperidine rings is 1. The summed E-state index contributed by atoms with van der Waals surface area (Å²) in [4.78, 5) is 25.4. The number of benzene rings is 1. The number of aliphatic carboxylic acids is 1. The van der Waals surface area contributed by atoms with Crippen molar-refractivity contribution in [2.24, 2.45) is 5.92 Å². The molecule has 1 N–H and O–H groups in total. The number of carboxylic acid groups (broad SMARTS) is 1. The van der Waals surface area contributed by atoms with Gasteiger partial charge in [0.05, 0.1) is 5.56 Å². The van der Waals surface area contributed by atoms with E-state index in [0.717, 1.165) is 10.9 Å². The molecular weight excluding hydrogens is 390 g/mol. The summed E-state index contributed by atoms with van der Waals surface area (Å²) in [5.74, 6) is -0.838. The van der Waals surface area contributed by atoms with Crippen molar-refractivity contribution in [3.05, 3.63) is 32.7 Å². The van der Waals surface area contributed by atoms with Gasteiger partial charge >= 0.3 is 5.97 Å². The molecule has 0 aromatic heterocycles. The summed E-state index contributed by atoms with van der Waals surface area (Å²) in [5.41, 5.74) is 0.494. The van der Waals surface area contributed by atoms with Crippen molar-refractivity contribution in [1.82, 2.24) is 4.90 Å². The number of rotatable bonds is 2. The lowest BCUT2D eigenvalue weighted by atomic mass is 9.92. The molecule has 0 spiro atoms. The van der Waals surface area contributed by atoms with Crippen LogP contribution in [0.3, 0.4) is 0 Å². The van der Waals surface area contributed by atoms with Gasteiger partial charge in [0.25, 0.3) is 5.91 Å². The molecule has 1 aliphatic rings. The summed E-state index contributed by atoms with van der Waals surface area (Å²) >= 11 is 6.69. The van der Waals surface area contributed by atoms with Gasteiger partial charge in [-0.3, -0.25) is 4.79 Å². The second kappa shape index (κ2) is 6.26. The number of nitrogens with zero attached hydrogens (tertiary/aromatic N) is 1. The van der Waals surface area contributed by atoms with E-state index < -0.39 is 12.0 Å². The highest BCUT2D eigenvalue weighted by Crippen LogP contribution is 2.28. The van der Waals surface area contributed by atoms with Crippen LogP contribution < -0.4 is 0 Å². The molecule has 2 unspecified atom stereocenters. The van der Waals surface area contributed by atoms with E-state index in [9.17, 15) is 14.7 Å². The van der Waals surface area contributed by atoms with E-state index in [1.54, 1.807) is 18.2 Å². The van der Waals surface area contributed by atoms with E-state index in [2.05, 4.69) is 31.9 Å². The van der Waals surface area contributed by atoms with Gasteiger partial charge in [0.2, 0.25) is 0 Å². The Morgan fingerprint density at radius 2 is 2.05 bits per heavy atom. The van der Waals surface area contributed by atoms with Crippen molar-refractivity contribution in [2.75, 3.05) is 6.54 Å². The zero-order valence-corrected chi connectivity index (χ0v) is 14.1. The number of carbonyl (C=O) groups excluding carboxylic acids is 1. The first-order valence-corrected chi connectivity index (χ1v) is 7.97. The van der Waals surface area contributed by atoms with Crippen LogP contribution in [-0.2, 0) is 4.79 Å². The van der Waals surface area contributed by atoms with Gasteiger partial charge < -0.3 is 10.0 Å². The van der Waals surface area contributed by atoms with Crippen LogP contribution in [0.1, 0.15) is 30.1 Å². The van der Waals surface area contributed by atoms with Gasteiger partial charge in [-0.25, -0.2) is 4.79 Å². The van der Waals surface area contributed by atoms with Crippen LogP contribution in [-0.4, -0.2) is 34.5 Å². The lowest BCUT2D eigenvalue weighted by Gasteiger charge is -2.36. The van der Waals surface area contributed by atoms with E-state index in [4.69, 9.17) is 0 Å². The third-order valence-corrected chi connectivity index (χ3v) is 4.72. The van der Waals surface area contributed by atoms with Gasteiger partial charge in [-0.15, -0.1) is 0 Å². The number of halogens is 2. The summed E-state index contributed by atoms with van der Waals surface area (Å²) in [6.07, 6.45) is 1.35. The Labute approximate surface area is 134 Å². The number of carbonyl (C=O) groups is 2. The van der Waals surface area contributed by atoms with Crippen LogP contribution >= 0.6 is 31.9 Å². The van der Waals surface area contributed by atoms with Crippen LogP contribution in [0.4, 0.5) is 0 Å². The number of carboxylic acids is 1. The van der Waals surface area contributed by atoms with E-state index >= 15 is 0 Å². The Bertz CT molecular complexity index is 547. The van der Waals surface area contributed by atoms with E-state index in [0.29, 0.717) is 28.9 Å². The normalized spacial score (nSPS) is 22.6. The third kappa shape index (κ3) is 3.23. The molecule has 0 saturated carbocycles. The smallest absolute Gasteiger partial charge is 0.326 e. The molecule has 20 heavy (non-hydrogen) atoms. The fourth-order valence-corrected chi connectivity index (χ4v) is 3.65. The van der Waals surface area contributed by atoms with Crippen molar-refractivity contribution in [1.29, 1.82) is 0 Å². The summed E-state index contributed by atoms with van der Waals surface area (Å²) < 4.78 is 1.53. The molecule has 1 aromatic carbocycles. The number of likely N-dealkylation sites (tertiary alicyclic amines) is 1. The molecule has 1 aliphatic heterocycles. The highest BCUT2D eigenvalue weighted by atomic mass is 79.9. The van der Waals surface area contributed by atoms with Crippen molar-refractivity contribution < 1.29 is 14.7 Å². The Kier molecular flexibility index (Phi) is 4.86. The monoisotopic (exact) mass is 403 g/mol. The quantitative estimate of drug-likeness (QED) is 0.820. The Hall–Kier alpha value is -0.880. The molecule has 108 valence electrons. The van der Waals surface area contributed by atoms with Crippen molar-refractivity contribution in [3.63, 3.8) is 0 Å². The lowest BCUT2D eigenvalue weighted by molar-refractivity contribution is -0.144. The molecule has 6 heteroatoms. The van der Waals surface area contributed by atoms with Gasteiger partial charge in [-0.1, -0.05) is 22.9 Å². The second-order valence-electron chi connectivity index (χ2n) is 5.11. The Balaban J connectivity index is 2.28. The molecule has 0 radical (unpaired) electrons. The minimum Gasteiger partial charge on any atom is -0.480 e. The van der Waals surface area contributed by atoms with Gasteiger partial charge in [0.1, 0.15) is 6.04 Å². The molecule has 1 amide bonds.